The summed E-state index contributed by atoms with van der Waals surface area (Å²) in [5.41, 5.74) is 2.89. The highest BCUT2D eigenvalue weighted by Gasteiger charge is 2.29. The number of benzene rings is 2. The van der Waals surface area contributed by atoms with Gasteiger partial charge in [0, 0.05) is 59.1 Å². The highest BCUT2D eigenvalue weighted by molar-refractivity contribution is 7.99. The maximum Gasteiger partial charge on any atom is 0.328 e. The Kier molecular flexibility index (Phi) is 9.46. The molecule has 0 amide bonds. The molecule has 2 N–H and O–H groups in total. The normalized spacial score (nSPS) is 18.3. The minimum absolute atomic E-state index is 0.437. The largest absolute Gasteiger partial charge is 0.497 e. The van der Waals surface area contributed by atoms with Gasteiger partial charge in [-0.15, -0.1) is 11.8 Å². The summed E-state index contributed by atoms with van der Waals surface area (Å²) in [7, 11) is 3.98. The number of carboxylic acid groups (broad SMARTS) is 2. The van der Waals surface area contributed by atoms with Crippen LogP contribution in [-0.2, 0) is 16.0 Å². The van der Waals surface area contributed by atoms with E-state index in [1.54, 1.807) is 7.11 Å². The summed E-state index contributed by atoms with van der Waals surface area (Å²) in [4.78, 5) is 28.3. The molecule has 9 heteroatoms. The molecule has 2 aromatic carbocycles. The quantitative estimate of drug-likeness (QED) is 0.463. The number of likely N-dealkylation sites (N-methyl/N-ethyl adjacent to an activating group) is 1. The van der Waals surface area contributed by atoms with Crippen LogP contribution in [0, 0.1) is 0 Å². The van der Waals surface area contributed by atoms with Crippen LogP contribution in [0.3, 0.4) is 0 Å². The molecule has 34 heavy (non-hydrogen) atoms. The summed E-state index contributed by atoms with van der Waals surface area (Å²) in [6.07, 6.45) is 4.33. The minimum atomic E-state index is -1.26. The second-order valence-corrected chi connectivity index (χ2v) is 10.0. The number of thioether (sulfide) groups is 1. The van der Waals surface area contributed by atoms with E-state index in [0.29, 0.717) is 18.2 Å². The first kappa shape index (κ1) is 26.2. The molecule has 0 radical (unpaired) electrons. The van der Waals surface area contributed by atoms with Gasteiger partial charge >= 0.3 is 11.9 Å². The number of aliphatic carboxylic acids is 2. The van der Waals surface area contributed by atoms with E-state index in [9.17, 15) is 9.59 Å². The van der Waals surface area contributed by atoms with Gasteiger partial charge in [0.05, 0.1) is 7.11 Å². The van der Waals surface area contributed by atoms with Crippen molar-refractivity contribution >= 4 is 35.5 Å². The minimum Gasteiger partial charge on any atom is -0.497 e. The van der Waals surface area contributed by atoms with Crippen LogP contribution < -0.4 is 4.74 Å². The third kappa shape index (κ3) is 7.02. The Morgan fingerprint density at radius 3 is 2.26 bits per heavy atom. The van der Waals surface area contributed by atoms with Crippen molar-refractivity contribution in [2.45, 2.75) is 27.1 Å². The average Bonchev–Trinajstić information content (AvgIpc) is 2.99. The number of ether oxygens (including phenoxy) is 1. The Morgan fingerprint density at radius 1 is 1.03 bits per heavy atom. The van der Waals surface area contributed by atoms with Gasteiger partial charge in [-0.2, -0.15) is 0 Å². The van der Waals surface area contributed by atoms with Crippen molar-refractivity contribution in [3.8, 4) is 5.75 Å². The first-order valence-corrected chi connectivity index (χ1v) is 12.9. The maximum atomic E-state index is 9.55. The Labute approximate surface area is 208 Å². The monoisotopic (exact) mass is 502 g/mol. The van der Waals surface area contributed by atoms with E-state index in [1.165, 1.54) is 25.8 Å². The SMILES string of the molecule is COc1ccc2c(c1)CC(N1CCN(C)CC1)c1cc(SC)ccc1S2.O=C(O)/C=C/C(=O)O. The maximum absolute atomic E-state index is 9.55. The number of methoxy groups -OCH3 is 1. The van der Waals surface area contributed by atoms with Gasteiger partial charge in [0.15, 0.2) is 0 Å². The van der Waals surface area contributed by atoms with E-state index < -0.39 is 11.9 Å². The van der Waals surface area contributed by atoms with Gasteiger partial charge in [-0.1, -0.05) is 11.8 Å². The zero-order chi connectivity index (χ0) is 24.7. The van der Waals surface area contributed by atoms with Crippen LogP contribution in [-0.4, -0.2) is 78.5 Å². The summed E-state index contributed by atoms with van der Waals surface area (Å²) in [5.74, 6) is -1.56. The van der Waals surface area contributed by atoms with E-state index in [-0.39, 0.29) is 0 Å². The lowest BCUT2D eigenvalue weighted by molar-refractivity contribution is -0.134. The molecule has 1 unspecified atom stereocenters. The molecule has 4 rings (SSSR count). The first-order valence-electron chi connectivity index (χ1n) is 10.9. The van der Waals surface area contributed by atoms with Crippen molar-refractivity contribution in [2.75, 3.05) is 46.6 Å². The summed E-state index contributed by atoms with van der Waals surface area (Å²) in [5, 5.41) is 15.6. The molecule has 0 saturated carbocycles. The average molecular weight is 503 g/mol. The van der Waals surface area contributed by atoms with Crippen molar-refractivity contribution in [3.05, 3.63) is 59.7 Å². The van der Waals surface area contributed by atoms with Crippen LogP contribution in [0.1, 0.15) is 17.2 Å². The van der Waals surface area contributed by atoms with Crippen molar-refractivity contribution in [1.29, 1.82) is 0 Å². The number of fused-ring (bicyclic) bond motifs is 2. The summed E-state index contributed by atoms with van der Waals surface area (Å²) in [6, 6.07) is 14.0. The lowest BCUT2D eigenvalue weighted by Crippen LogP contribution is -2.46. The van der Waals surface area contributed by atoms with Crippen molar-refractivity contribution in [1.82, 2.24) is 9.80 Å². The number of piperazine rings is 1. The van der Waals surface area contributed by atoms with Gasteiger partial charge in [-0.05, 0) is 67.2 Å². The van der Waals surface area contributed by atoms with Crippen LogP contribution in [0.4, 0.5) is 0 Å². The molecule has 2 aliphatic rings. The molecule has 1 saturated heterocycles. The molecule has 1 atom stereocenters. The first-order chi connectivity index (χ1) is 16.3. The standard InChI is InChI=1S/C21H26N2OS2.C4H4O4/c1-22-8-10-23(11-9-22)19-13-15-12-16(24-2)4-6-20(15)26-21-7-5-17(25-3)14-18(19)21;5-3(6)1-2-4(7)8/h4-7,12,14,19H,8-11,13H2,1-3H3;1-2H,(H,5,6)(H,7,8)/b;2-1+. The van der Waals surface area contributed by atoms with Crippen molar-refractivity contribution in [3.63, 3.8) is 0 Å². The number of nitrogens with zero attached hydrogens (tertiary/aromatic N) is 2. The highest BCUT2D eigenvalue weighted by atomic mass is 32.2. The molecule has 2 aliphatic heterocycles. The Hall–Kier alpha value is -2.46. The fourth-order valence-electron chi connectivity index (χ4n) is 3.99. The molecule has 2 aromatic rings. The highest BCUT2D eigenvalue weighted by Crippen LogP contribution is 2.44. The molecule has 1 fully saturated rings. The van der Waals surface area contributed by atoms with Gasteiger partial charge < -0.3 is 19.8 Å². The third-order valence-electron chi connectivity index (χ3n) is 5.82. The zero-order valence-electron chi connectivity index (χ0n) is 19.6. The molecule has 182 valence electrons. The van der Waals surface area contributed by atoms with Gasteiger partial charge in [-0.3, -0.25) is 4.90 Å². The molecular formula is C25H30N2O5S2. The smallest absolute Gasteiger partial charge is 0.328 e. The summed E-state index contributed by atoms with van der Waals surface area (Å²) < 4.78 is 5.50. The second kappa shape index (κ2) is 12.3. The lowest BCUT2D eigenvalue weighted by Gasteiger charge is -2.38. The molecule has 2 heterocycles. The number of rotatable bonds is 5. The number of carbonyl (C=O) groups is 2. The molecule has 0 bridgehead atoms. The molecule has 0 aliphatic carbocycles. The zero-order valence-corrected chi connectivity index (χ0v) is 21.2. The van der Waals surface area contributed by atoms with Gasteiger partial charge in [0.1, 0.15) is 5.75 Å². The third-order valence-corrected chi connectivity index (χ3v) is 7.76. The van der Waals surface area contributed by atoms with Gasteiger partial charge in [-0.25, -0.2) is 9.59 Å². The fourth-order valence-corrected chi connectivity index (χ4v) is 5.53. The summed E-state index contributed by atoms with van der Waals surface area (Å²) >= 11 is 3.74. The van der Waals surface area contributed by atoms with E-state index in [1.807, 2.05) is 23.5 Å². The Balaban J connectivity index is 0.000000350. The molecule has 0 aromatic heterocycles. The van der Waals surface area contributed by atoms with Crippen LogP contribution in [0.5, 0.6) is 5.75 Å². The Morgan fingerprint density at radius 2 is 1.68 bits per heavy atom. The van der Waals surface area contributed by atoms with E-state index in [4.69, 9.17) is 14.9 Å². The predicted octanol–water partition coefficient (Wildman–Crippen LogP) is 4.12. The van der Waals surface area contributed by atoms with E-state index >= 15 is 0 Å². The van der Waals surface area contributed by atoms with E-state index in [2.05, 4.69) is 59.5 Å². The van der Waals surface area contributed by atoms with Crippen molar-refractivity contribution < 1.29 is 24.5 Å². The van der Waals surface area contributed by atoms with Gasteiger partial charge in [0.25, 0.3) is 0 Å². The lowest BCUT2D eigenvalue weighted by atomic mass is 9.96. The number of hydrogen-bond acceptors (Lipinski definition) is 7. The Bertz CT molecular complexity index is 1040. The van der Waals surface area contributed by atoms with Gasteiger partial charge in [0.2, 0.25) is 0 Å². The van der Waals surface area contributed by atoms with Crippen LogP contribution in [0.15, 0.2) is 63.2 Å². The second-order valence-electron chi connectivity index (χ2n) is 8.05. The van der Waals surface area contributed by atoms with Crippen molar-refractivity contribution in [2.24, 2.45) is 0 Å². The number of hydrogen-bond donors (Lipinski definition) is 2. The van der Waals surface area contributed by atoms with Crippen LogP contribution in [0.2, 0.25) is 0 Å². The molecule has 7 nitrogen and oxygen atoms in total. The molecule has 0 spiro atoms. The summed E-state index contributed by atoms with van der Waals surface area (Å²) in [6.45, 7) is 4.56. The van der Waals surface area contributed by atoms with Crippen LogP contribution in [0.25, 0.3) is 0 Å². The fraction of sp³-hybridized carbons (Fsp3) is 0.360. The number of carboxylic acids is 2. The molecular weight excluding hydrogens is 472 g/mol. The predicted molar refractivity (Wildman–Crippen MR) is 135 cm³/mol. The topological polar surface area (TPSA) is 90.3 Å². The van der Waals surface area contributed by atoms with E-state index in [0.717, 1.165) is 38.3 Å². The van der Waals surface area contributed by atoms with Crippen LogP contribution >= 0.6 is 23.5 Å².